The Morgan fingerprint density at radius 2 is 1.90 bits per heavy atom. The van der Waals surface area contributed by atoms with E-state index in [0.29, 0.717) is 12.5 Å². The highest BCUT2D eigenvalue weighted by Crippen LogP contribution is 2.28. The first-order valence-electron chi connectivity index (χ1n) is 10.2. The van der Waals surface area contributed by atoms with Crippen LogP contribution in [0.5, 0.6) is 0 Å². The number of sulfonamides is 1. The topological polar surface area (TPSA) is 121 Å². The van der Waals surface area contributed by atoms with E-state index in [1.807, 2.05) is 26.0 Å². The minimum absolute atomic E-state index is 0.00427. The Balaban J connectivity index is 1.93. The lowest BCUT2D eigenvalue weighted by Crippen LogP contribution is -2.33. The van der Waals surface area contributed by atoms with Crippen molar-refractivity contribution < 1.29 is 13.5 Å². The second-order valence-corrected chi connectivity index (χ2v) is 10.0. The lowest BCUT2D eigenvalue weighted by molar-refractivity contribution is 0.248. The molecule has 30 heavy (non-hydrogen) atoms. The third-order valence-electron chi connectivity index (χ3n) is 5.48. The van der Waals surface area contributed by atoms with Crippen LogP contribution in [-0.2, 0) is 23.0 Å². The average Bonchev–Trinajstić information content (AvgIpc) is 2.70. The number of aliphatic hydroxyl groups is 1. The SMILES string of the molecule is CC(C)c1cc(N2CCc3ccc(S(N)(=O)=O)cc3C2)nc(N[C@@H](CO)C(C)C)n1. The van der Waals surface area contributed by atoms with Crippen LogP contribution in [0.3, 0.4) is 0 Å². The van der Waals surface area contributed by atoms with E-state index < -0.39 is 10.0 Å². The molecule has 3 rings (SSSR count). The first-order chi connectivity index (χ1) is 14.1. The fraction of sp³-hybridized carbons (Fsp3) is 0.524. The molecule has 0 spiro atoms. The Labute approximate surface area is 178 Å². The Morgan fingerprint density at radius 3 is 2.50 bits per heavy atom. The van der Waals surface area contributed by atoms with Gasteiger partial charge in [-0.05, 0) is 41.5 Å². The molecule has 1 aliphatic heterocycles. The van der Waals surface area contributed by atoms with Gasteiger partial charge in [0.2, 0.25) is 16.0 Å². The fourth-order valence-corrected chi connectivity index (χ4v) is 4.03. The van der Waals surface area contributed by atoms with Crippen molar-refractivity contribution in [1.82, 2.24) is 9.97 Å². The third kappa shape index (κ3) is 5.08. The van der Waals surface area contributed by atoms with Gasteiger partial charge in [-0.3, -0.25) is 0 Å². The number of nitrogens with zero attached hydrogens (tertiary/aromatic N) is 3. The predicted molar refractivity (Wildman–Crippen MR) is 118 cm³/mol. The second-order valence-electron chi connectivity index (χ2n) is 8.45. The van der Waals surface area contributed by atoms with Crippen molar-refractivity contribution in [3.05, 3.63) is 41.1 Å². The zero-order valence-electron chi connectivity index (χ0n) is 18.0. The zero-order chi connectivity index (χ0) is 22.1. The maximum atomic E-state index is 11.7. The molecule has 1 aromatic carbocycles. The van der Waals surface area contributed by atoms with Crippen LogP contribution >= 0.6 is 0 Å². The molecule has 0 saturated heterocycles. The molecular weight excluding hydrogens is 402 g/mol. The number of aliphatic hydroxyl groups excluding tert-OH is 1. The number of benzene rings is 1. The van der Waals surface area contributed by atoms with Gasteiger partial charge in [-0.25, -0.2) is 18.5 Å². The van der Waals surface area contributed by atoms with Gasteiger partial charge in [-0.2, -0.15) is 4.98 Å². The van der Waals surface area contributed by atoms with Crippen molar-refractivity contribution in [1.29, 1.82) is 0 Å². The van der Waals surface area contributed by atoms with Crippen molar-refractivity contribution in [3.63, 3.8) is 0 Å². The number of hydrogen-bond acceptors (Lipinski definition) is 7. The van der Waals surface area contributed by atoms with Gasteiger partial charge in [0.15, 0.2) is 0 Å². The summed E-state index contributed by atoms with van der Waals surface area (Å²) in [7, 11) is -3.75. The van der Waals surface area contributed by atoms with Gasteiger partial charge in [-0.15, -0.1) is 0 Å². The van der Waals surface area contributed by atoms with Crippen LogP contribution in [-0.4, -0.2) is 42.7 Å². The van der Waals surface area contributed by atoms with Crippen LogP contribution in [0.4, 0.5) is 11.8 Å². The molecule has 0 radical (unpaired) electrons. The van der Waals surface area contributed by atoms with Crippen LogP contribution in [0.1, 0.15) is 50.4 Å². The molecule has 0 unspecified atom stereocenters. The van der Waals surface area contributed by atoms with Crippen LogP contribution < -0.4 is 15.4 Å². The smallest absolute Gasteiger partial charge is 0.238 e. The van der Waals surface area contributed by atoms with Crippen LogP contribution in [0, 0.1) is 5.92 Å². The fourth-order valence-electron chi connectivity index (χ4n) is 3.47. The van der Waals surface area contributed by atoms with Gasteiger partial charge in [0.25, 0.3) is 0 Å². The Kier molecular flexibility index (Phi) is 6.64. The lowest BCUT2D eigenvalue weighted by Gasteiger charge is -2.31. The van der Waals surface area contributed by atoms with Crippen LogP contribution in [0.25, 0.3) is 0 Å². The molecule has 2 aromatic rings. The number of nitrogens with one attached hydrogen (secondary N) is 1. The number of rotatable bonds is 7. The minimum Gasteiger partial charge on any atom is -0.394 e. The molecule has 8 nitrogen and oxygen atoms in total. The van der Waals surface area contributed by atoms with Crippen molar-refractivity contribution in [2.24, 2.45) is 11.1 Å². The average molecular weight is 434 g/mol. The van der Waals surface area contributed by atoms with Crippen molar-refractivity contribution in [2.45, 2.75) is 57.5 Å². The Bertz CT molecular complexity index is 1010. The Hall–Kier alpha value is -2.23. The molecule has 9 heteroatoms. The first-order valence-corrected chi connectivity index (χ1v) is 11.8. The van der Waals surface area contributed by atoms with Gasteiger partial charge >= 0.3 is 0 Å². The summed E-state index contributed by atoms with van der Waals surface area (Å²) in [6, 6.07) is 6.90. The highest BCUT2D eigenvalue weighted by atomic mass is 32.2. The number of fused-ring (bicyclic) bond motifs is 1. The maximum absolute atomic E-state index is 11.7. The quantitative estimate of drug-likeness (QED) is 0.612. The summed E-state index contributed by atoms with van der Waals surface area (Å²) in [6.07, 6.45) is 0.787. The molecule has 1 atom stereocenters. The number of primary sulfonamides is 1. The van der Waals surface area contributed by atoms with E-state index in [-0.39, 0.29) is 29.4 Å². The molecule has 0 amide bonds. The molecule has 0 bridgehead atoms. The summed E-state index contributed by atoms with van der Waals surface area (Å²) < 4.78 is 23.5. The van der Waals surface area contributed by atoms with Crippen molar-refractivity contribution >= 4 is 21.8 Å². The lowest BCUT2D eigenvalue weighted by atomic mass is 10.00. The highest BCUT2D eigenvalue weighted by molar-refractivity contribution is 7.89. The minimum atomic E-state index is -3.75. The first kappa shape index (κ1) is 22.5. The highest BCUT2D eigenvalue weighted by Gasteiger charge is 2.22. The van der Waals surface area contributed by atoms with Crippen molar-refractivity contribution in [3.8, 4) is 0 Å². The number of hydrogen-bond donors (Lipinski definition) is 3. The molecule has 1 aromatic heterocycles. The van der Waals surface area contributed by atoms with E-state index in [1.165, 1.54) is 0 Å². The van der Waals surface area contributed by atoms with Crippen LogP contribution in [0.2, 0.25) is 0 Å². The largest absolute Gasteiger partial charge is 0.394 e. The predicted octanol–water partition coefficient (Wildman–Crippen LogP) is 2.24. The summed E-state index contributed by atoms with van der Waals surface area (Å²) in [6.45, 7) is 9.52. The van der Waals surface area contributed by atoms with Gasteiger partial charge in [0.1, 0.15) is 5.82 Å². The van der Waals surface area contributed by atoms with E-state index in [4.69, 9.17) is 10.1 Å². The van der Waals surface area contributed by atoms with E-state index in [9.17, 15) is 13.5 Å². The summed E-state index contributed by atoms with van der Waals surface area (Å²) in [4.78, 5) is 11.6. The molecule has 164 valence electrons. The second kappa shape index (κ2) is 8.87. The molecule has 0 fully saturated rings. The van der Waals surface area contributed by atoms with E-state index in [2.05, 4.69) is 29.0 Å². The summed E-state index contributed by atoms with van der Waals surface area (Å²) >= 11 is 0. The van der Waals surface area contributed by atoms with E-state index >= 15 is 0 Å². The van der Waals surface area contributed by atoms with E-state index in [0.717, 1.165) is 35.6 Å². The summed E-state index contributed by atoms with van der Waals surface area (Å²) in [5.74, 6) is 1.71. The third-order valence-corrected chi connectivity index (χ3v) is 6.39. The standard InChI is InChI=1S/C21H31N5O3S/c1-13(2)18-10-20(25-21(23-18)24-19(12-27)14(3)4)26-8-7-15-5-6-17(30(22,28)29)9-16(15)11-26/h5-6,9-10,13-14,19,27H,7-8,11-12H2,1-4H3,(H2,22,28,29)(H,23,24,25)/t19-/m0/s1. The molecule has 2 heterocycles. The van der Waals surface area contributed by atoms with Gasteiger partial charge in [0, 0.05) is 19.2 Å². The molecule has 1 aliphatic rings. The van der Waals surface area contributed by atoms with Crippen LogP contribution in [0.15, 0.2) is 29.2 Å². The number of aromatic nitrogens is 2. The zero-order valence-corrected chi connectivity index (χ0v) is 18.8. The van der Waals surface area contributed by atoms with Gasteiger partial charge in [0.05, 0.1) is 23.2 Å². The molecule has 4 N–H and O–H groups in total. The number of nitrogens with two attached hydrogens (primary N) is 1. The van der Waals surface area contributed by atoms with E-state index in [1.54, 1.807) is 12.1 Å². The van der Waals surface area contributed by atoms with Gasteiger partial charge < -0.3 is 15.3 Å². The van der Waals surface area contributed by atoms with Crippen molar-refractivity contribution in [2.75, 3.05) is 23.4 Å². The monoisotopic (exact) mass is 433 g/mol. The normalized spacial score (nSPS) is 15.4. The molecule has 0 aliphatic carbocycles. The Morgan fingerprint density at radius 1 is 1.17 bits per heavy atom. The number of anilines is 2. The molecule has 0 saturated carbocycles. The maximum Gasteiger partial charge on any atom is 0.238 e. The summed E-state index contributed by atoms with van der Waals surface area (Å²) in [5, 5.41) is 18.2. The molecular formula is C21H31N5O3S. The summed E-state index contributed by atoms with van der Waals surface area (Å²) in [5.41, 5.74) is 2.96. The van der Waals surface area contributed by atoms with Gasteiger partial charge in [-0.1, -0.05) is 33.8 Å².